The first kappa shape index (κ1) is 13.2. The monoisotopic (exact) mass is 234 g/mol. The van der Waals surface area contributed by atoms with Crippen LogP contribution in [-0.4, -0.2) is 20.3 Å². The maximum absolute atomic E-state index is 8.69. The molecule has 0 aliphatic rings. The molecular formula is C13H18N2O2. The Bertz CT molecular complexity index is 399. The van der Waals surface area contributed by atoms with E-state index < -0.39 is 0 Å². The van der Waals surface area contributed by atoms with Crippen LogP contribution in [0.3, 0.4) is 0 Å². The fraction of sp³-hybridized carbons (Fsp3) is 0.462. The highest BCUT2D eigenvalue weighted by Gasteiger charge is 2.08. The summed E-state index contributed by atoms with van der Waals surface area (Å²) in [7, 11) is 3.21. The van der Waals surface area contributed by atoms with Crippen molar-refractivity contribution >= 4 is 5.69 Å². The van der Waals surface area contributed by atoms with Crippen molar-refractivity contribution in [3.63, 3.8) is 0 Å². The highest BCUT2D eigenvalue weighted by Crippen LogP contribution is 2.30. The zero-order valence-electron chi connectivity index (χ0n) is 10.5. The third kappa shape index (κ3) is 3.56. The number of methoxy groups -OCH3 is 2. The lowest BCUT2D eigenvalue weighted by Gasteiger charge is -2.16. The predicted octanol–water partition coefficient (Wildman–Crippen LogP) is 2.81. The minimum atomic E-state index is 0.165. The zero-order chi connectivity index (χ0) is 12.7. The summed E-state index contributed by atoms with van der Waals surface area (Å²) in [6, 6.07) is 7.98. The van der Waals surface area contributed by atoms with E-state index in [9.17, 15) is 0 Å². The summed E-state index contributed by atoms with van der Waals surface area (Å²) in [4.78, 5) is 0. The van der Waals surface area contributed by atoms with Crippen LogP contribution in [0.1, 0.15) is 19.8 Å². The molecule has 0 saturated heterocycles. The van der Waals surface area contributed by atoms with Crippen LogP contribution in [0.15, 0.2) is 18.2 Å². The molecule has 1 N–H and O–H groups in total. The third-order valence-corrected chi connectivity index (χ3v) is 2.58. The molecule has 0 saturated carbocycles. The Morgan fingerprint density at radius 2 is 2.00 bits per heavy atom. The van der Waals surface area contributed by atoms with E-state index in [-0.39, 0.29) is 6.04 Å². The van der Waals surface area contributed by atoms with Gasteiger partial charge < -0.3 is 14.8 Å². The Kier molecular flexibility index (Phi) is 5.15. The second-order valence-corrected chi connectivity index (χ2v) is 3.68. The molecule has 0 amide bonds. The molecular weight excluding hydrogens is 216 g/mol. The first-order valence-electron chi connectivity index (χ1n) is 5.60. The topological polar surface area (TPSA) is 54.3 Å². The van der Waals surface area contributed by atoms with Gasteiger partial charge in [0.1, 0.15) is 0 Å². The number of hydrogen-bond acceptors (Lipinski definition) is 4. The molecule has 0 aliphatic carbocycles. The van der Waals surface area contributed by atoms with E-state index in [0.717, 1.165) is 12.1 Å². The number of nitriles is 1. The smallest absolute Gasteiger partial charge is 0.162 e. The van der Waals surface area contributed by atoms with E-state index in [1.807, 2.05) is 18.2 Å². The van der Waals surface area contributed by atoms with Crippen molar-refractivity contribution in [3.8, 4) is 17.6 Å². The van der Waals surface area contributed by atoms with Crippen LogP contribution in [0.4, 0.5) is 5.69 Å². The van der Waals surface area contributed by atoms with E-state index in [1.54, 1.807) is 14.2 Å². The molecule has 0 aliphatic heterocycles. The molecule has 4 nitrogen and oxygen atoms in total. The molecule has 0 bridgehead atoms. The molecule has 0 fully saturated rings. The second kappa shape index (κ2) is 6.64. The highest BCUT2D eigenvalue weighted by molar-refractivity contribution is 5.55. The fourth-order valence-electron chi connectivity index (χ4n) is 1.57. The maximum atomic E-state index is 8.69. The number of benzene rings is 1. The lowest BCUT2D eigenvalue weighted by atomic mass is 10.1. The summed E-state index contributed by atoms with van der Waals surface area (Å²) in [6.07, 6.45) is 1.40. The molecule has 4 heteroatoms. The zero-order valence-corrected chi connectivity index (χ0v) is 10.5. The second-order valence-electron chi connectivity index (χ2n) is 3.68. The lowest BCUT2D eigenvalue weighted by Crippen LogP contribution is -2.17. The number of hydrogen-bond donors (Lipinski definition) is 1. The minimum absolute atomic E-state index is 0.165. The number of ether oxygens (including phenoxy) is 2. The highest BCUT2D eigenvalue weighted by atomic mass is 16.5. The van der Waals surface area contributed by atoms with Crippen molar-refractivity contribution in [2.24, 2.45) is 0 Å². The van der Waals surface area contributed by atoms with Gasteiger partial charge in [-0.1, -0.05) is 6.92 Å². The van der Waals surface area contributed by atoms with Crippen LogP contribution in [0.5, 0.6) is 11.5 Å². The van der Waals surface area contributed by atoms with Crippen molar-refractivity contribution in [1.29, 1.82) is 5.26 Å². The summed E-state index contributed by atoms with van der Waals surface area (Å²) < 4.78 is 10.4. The van der Waals surface area contributed by atoms with Gasteiger partial charge >= 0.3 is 0 Å². The summed E-state index contributed by atoms with van der Waals surface area (Å²) in [5, 5.41) is 12.0. The first-order chi connectivity index (χ1) is 8.24. The van der Waals surface area contributed by atoms with E-state index in [4.69, 9.17) is 14.7 Å². The Hall–Kier alpha value is -1.89. The van der Waals surface area contributed by atoms with Gasteiger partial charge in [-0.15, -0.1) is 0 Å². The van der Waals surface area contributed by atoms with Gasteiger partial charge in [-0.3, -0.25) is 0 Å². The van der Waals surface area contributed by atoms with E-state index >= 15 is 0 Å². The Morgan fingerprint density at radius 3 is 2.53 bits per heavy atom. The quantitative estimate of drug-likeness (QED) is 0.822. The van der Waals surface area contributed by atoms with Crippen LogP contribution in [0, 0.1) is 11.3 Å². The summed E-state index contributed by atoms with van der Waals surface area (Å²) >= 11 is 0. The van der Waals surface area contributed by atoms with E-state index in [1.165, 1.54) is 0 Å². The van der Waals surface area contributed by atoms with Gasteiger partial charge in [0.2, 0.25) is 0 Å². The Labute approximate surface area is 102 Å². The van der Waals surface area contributed by atoms with Crippen molar-refractivity contribution in [2.45, 2.75) is 25.8 Å². The van der Waals surface area contributed by atoms with Gasteiger partial charge in [0.25, 0.3) is 0 Å². The van der Waals surface area contributed by atoms with Crippen LogP contribution < -0.4 is 14.8 Å². The van der Waals surface area contributed by atoms with Gasteiger partial charge in [0.15, 0.2) is 11.5 Å². The van der Waals surface area contributed by atoms with Gasteiger partial charge in [0, 0.05) is 17.8 Å². The number of anilines is 1. The molecule has 1 aromatic carbocycles. The number of nitrogens with one attached hydrogen (secondary N) is 1. The Morgan fingerprint density at radius 1 is 1.29 bits per heavy atom. The average molecular weight is 234 g/mol. The fourth-order valence-corrected chi connectivity index (χ4v) is 1.57. The van der Waals surface area contributed by atoms with E-state index in [0.29, 0.717) is 17.9 Å². The van der Waals surface area contributed by atoms with Gasteiger partial charge in [-0.25, -0.2) is 0 Å². The van der Waals surface area contributed by atoms with Gasteiger partial charge in [0.05, 0.1) is 26.7 Å². The molecule has 1 atom stereocenters. The first-order valence-corrected chi connectivity index (χ1v) is 5.60. The van der Waals surface area contributed by atoms with Crippen LogP contribution in [0.2, 0.25) is 0 Å². The predicted molar refractivity (Wildman–Crippen MR) is 67.5 cm³/mol. The number of nitrogens with zero attached hydrogens (tertiary/aromatic N) is 1. The largest absolute Gasteiger partial charge is 0.493 e. The molecule has 1 unspecified atom stereocenters. The molecule has 1 rings (SSSR count). The Balaban J connectivity index is 2.81. The SMILES string of the molecule is CCC(CC#N)Nc1ccc(OC)c(OC)c1. The van der Waals surface area contributed by atoms with Crippen LogP contribution in [0.25, 0.3) is 0 Å². The van der Waals surface area contributed by atoms with E-state index in [2.05, 4.69) is 18.3 Å². The molecule has 0 heterocycles. The molecule has 17 heavy (non-hydrogen) atoms. The minimum Gasteiger partial charge on any atom is -0.493 e. The van der Waals surface area contributed by atoms with Crippen molar-refractivity contribution in [2.75, 3.05) is 19.5 Å². The standard InChI is InChI=1S/C13H18N2O2/c1-4-10(7-8-14)15-11-5-6-12(16-2)13(9-11)17-3/h5-6,9-10,15H,4,7H2,1-3H3. The molecule has 1 aromatic rings. The molecule has 0 radical (unpaired) electrons. The third-order valence-electron chi connectivity index (χ3n) is 2.58. The van der Waals surface area contributed by atoms with Crippen molar-refractivity contribution in [1.82, 2.24) is 0 Å². The maximum Gasteiger partial charge on any atom is 0.162 e. The summed E-state index contributed by atoms with van der Waals surface area (Å²) in [5.74, 6) is 1.38. The van der Waals surface area contributed by atoms with Gasteiger partial charge in [-0.2, -0.15) is 5.26 Å². The molecule has 0 aromatic heterocycles. The molecule has 0 spiro atoms. The summed E-state index contributed by atoms with van der Waals surface area (Å²) in [6.45, 7) is 2.05. The molecule has 92 valence electrons. The number of rotatable bonds is 6. The van der Waals surface area contributed by atoms with Crippen LogP contribution in [-0.2, 0) is 0 Å². The average Bonchev–Trinajstić information content (AvgIpc) is 2.38. The van der Waals surface area contributed by atoms with Crippen molar-refractivity contribution < 1.29 is 9.47 Å². The lowest BCUT2D eigenvalue weighted by molar-refractivity contribution is 0.355. The van der Waals surface area contributed by atoms with Crippen molar-refractivity contribution in [3.05, 3.63) is 18.2 Å². The normalized spacial score (nSPS) is 11.4. The summed E-state index contributed by atoms with van der Waals surface area (Å²) in [5.41, 5.74) is 0.935. The van der Waals surface area contributed by atoms with Gasteiger partial charge in [-0.05, 0) is 18.6 Å². The van der Waals surface area contributed by atoms with Crippen LogP contribution >= 0.6 is 0 Å².